The Kier molecular flexibility index (Phi) is 4.78. The zero-order chi connectivity index (χ0) is 19.0. The number of halogens is 3. The van der Waals surface area contributed by atoms with E-state index in [0.717, 1.165) is 36.4 Å². The van der Waals surface area contributed by atoms with Gasteiger partial charge in [-0.1, -0.05) is 12.1 Å². The quantitative estimate of drug-likeness (QED) is 0.674. The molecular formula is C20H21F3N4. The normalized spacial score (nSPS) is 17.0. The molecule has 1 aliphatic heterocycles. The van der Waals surface area contributed by atoms with Gasteiger partial charge in [0.25, 0.3) is 0 Å². The van der Waals surface area contributed by atoms with Crippen LogP contribution in [0.3, 0.4) is 0 Å². The van der Waals surface area contributed by atoms with E-state index in [1.165, 1.54) is 12.1 Å². The van der Waals surface area contributed by atoms with E-state index < -0.39 is 6.55 Å². The Hall–Kier alpha value is -2.54. The molecule has 1 saturated heterocycles. The molecule has 0 spiro atoms. The third-order valence-electron chi connectivity index (χ3n) is 5.25. The molecule has 0 bridgehead atoms. The number of para-hydroxylation sites is 2. The molecule has 4 rings (SSSR count). The second kappa shape index (κ2) is 7.23. The zero-order valence-electron chi connectivity index (χ0n) is 15.0. The predicted octanol–water partition coefficient (Wildman–Crippen LogP) is 4.45. The van der Waals surface area contributed by atoms with Crippen LogP contribution < -0.4 is 4.90 Å². The number of aromatic nitrogens is 2. The molecular weight excluding hydrogens is 353 g/mol. The summed E-state index contributed by atoms with van der Waals surface area (Å²) in [6.45, 7) is 2.26. The molecule has 2 heterocycles. The minimum atomic E-state index is -2.63. The Balaban J connectivity index is 1.53. The van der Waals surface area contributed by atoms with E-state index in [-0.39, 0.29) is 11.9 Å². The monoisotopic (exact) mass is 374 g/mol. The fraction of sp³-hybridized carbons (Fsp3) is 0.350. The molecule has 142 valence electrons. The molecule has 3 aromatic rings. The fourth-order valence-electron chi connectivity index (χ4n) is 3.75. The zero-order valence-corrected chi connectivity index (χ0v) is 15.0. The van der Waals surface area contributed by atoms with Gasteiger partial charge in [0.2, 0.25) is 0 Å². The van der Waals surface area contributed by atoms with Crippen LogP contribution in [0.5, 0.6) is 0 Å². The van der Waals surface area contributed by atoms with Crippen molar-refractivity contribution in [3.05, 3.63) is 60.2 Å². The summed E-state index contributed by atoms with van der Waals surface area (Å²) in [5.41, 5.74) is 2.02. The highest BCUT2D eigenvalue weighted by atomic mass is 19.3. The van der Waals surface area contributed by atoms with E-state index in [1.54, 1.807) is 36.4 Å². The summed E-state index contributed by atoms with van der Waals surface area (Å²) in [7, 11) is 0. The molecule has 0 amide bonds. The van der Waals surface area contributed by atoms with Gasteiger partial charge >= 0.3 is 6.55 Å². The maximum absolute atomic E-state index is 13.7. The number of alkyl halides is 2. The van der Waals surface area contributed by atoms with Gasteiger partial charge in [-0.25, -0.2) is 9.37 Å². The third-order valence-corrected chi connectivity index (χ3v) is 5.25. The average molecular weight is 374 g/mol. The van der Waals surface area contributed by atoms with Crippen LogP contribution in [-0.2, 0) is 0 Å². The van der Waals surface area contributed by atoms with Gasteiger partial charge in [-0.3, -0.25) is 9.47 Å². The first kappa shape index (κ1) is 17.9. The number of anilines is 1. The number of piperazine rings is 1. The number of rotatable bonds is 4. The van der Waals surface area contributed by atoms with Crippen LogP contribution in [0, 0.1) is 5.82 Å². The summed E-state index contributed by atoms with van der Waals surface area (Å²) in [6.07, 6.45) is 0. The van der Waals surface area contributed by atoms with E-state index in [4.69, 9.17) is 0 Å². The number of hydrogen-bond donors (Lipinski definition) is 0. The largest absolute Gasteiger partial charge is 0.369 e. The Morgan fingerprint density at radius 1 is 0.926 bits per heavy atom. The van der Waals surface area contributed by atoms with Crippen molar-refractivity contribution in [2.24, 2.45) is 0 Å². The lowest BCUT2D eigenvalue weighted by Crippen LogP contribution is -2.47. The Morgan fingerprint density at radius 2 is 1.59 bits per heavy atom. The van der Waals surface area contributed by atoms with Crippen molar-refractivity contribution in [1.29, 1.82) is 0 Å². The maximum Gasteiger partial charge on any atom is 0.320 e. The first-order valence-corrected chi connectivity index (χ1v) is 9.04. The average Bonchev–Trinajstić information content (AvgIpc) is 3.08. The van der Waals surface area contributed by atoms with Crippen molar-refractivity contribution in [1.82, 2.24) is 14.5 Å². The molecule has 7 heteroatoms. The van der Waals surface area contributed by atoms with E-state index in [0.29, 0.717) is 16.9 Å². The van der Waals surface area contributed by atoms with Gasteiger partial charge in [-0.15, -0.1) is 0 Å². The van der Waals surface area contributed by atoms with Crippen molar-refractivity contribution < 1.29 is 13.2 Å². The van der Waals surface area contributed by atoms with Crippen molar-refractivity contribution in [3.8, 4) is 0 Å². The SMILES string of the molecule is C[C@@H](c1nc2ccccc2n1C(F)F)N1CCN(c2ccc(F)cc2)CC1. The van der Waals surface area contributed by atoms with Gasteiger partial charge in [-0.2, -0.15) is 8.78 Å². The molecule has 1 atom stereocenters. The molecule has 0 saturated carbocycles. The Bertz CT molecular complexity index is 915. The number of fused-ring (bicyclic) bond motifs is 1. The Labute approximate surface area is 155 Å². The summed E-state index contributed by atoms with van der Waals surface area (Å²) in [5.74, 6) is 0.137. The fourth-order valence-corrected chi connectivity index (χ4v) is 3.75. The van der Waals surface area contributed by atoms with Crippen molar-refractivity contribution >= 4 is 16.7 Å². The molecule has 4 nitrogen and oxygen atoms in total. The maximum atomic E-state index is 13.7. The molecule has 0 aliphatic carbocycles. The molecule has 27 heavy (non-hydrogen) atoms. The highest BCUT2D eigenvalue weighted by Crippen LogP contribution is 2.30. The molecule has 1 aliphatic rings. The van der Waals surface area contributed by atoms with Crippen molar-refractivity contribution in [2.75, 3.05) is 31.1 Å². The lowest BCUT2D eigenvalue weighted by atomic mass is 10.2. The number of hydrogen-bond acceptors (Lipinski definition) is 3. The summed E-state index contributed by atoms with van der Waals surface area (Å²) in [5, 5.41) is 0. The predicted molar refractivity (Wildman–Crippen MR) is 99.6 cm³/mol. The smallest absolute Gasteiger partial charge is 0.320 e. The van der Waals surface area contributed by atoms with Gasteiger partial charge in [0.05, 0.1) is 17.1 Å². The first-order valence-electron chi connectivity index (χ1n) is 9.04. The molecule has 0 unspecified atom stereocenters. The van der Waals surface area contributed by atoms with Gasteiger partial charge in [0, 0.05) is 31.9 Å². The van der Waals surface area contributed by atoms with Crippen molar-refractivity contribution in [2.45, 2.75) is 19.5 Å². The van der Waals surface area contributed by atoms with Crippen LogP contribution >= 0.6 is 0 Å². The molecule has 1 aromatic heterocycles. The summed E-state index contributed by atoms with van der Waals surface area (Å²) in [6, 6.07) is 13.2. The van der Waals surface area contributed by atoms with E-state index >= 15 is 0 Å². The molecule has 1 fully saturated rings. The molecule has 2 aromatic carbocycles. The van der Waals surface area contributed by atoms with Crippen molar-refractivity contribution in [3.63, 3.8) is 0 Å². The van der Waals surface area contributed by atoms with E-state index in [1.807, 2.05) is 6.92 Å². The lowest BCUT2D eigenvalue weighted by Gasteiger charge is -2.39. The standard InChI is InChI=1S/C20H21F3N4/c1-14(19-24-17-4-2-3-5-18(17)27(19)20(22)23)25-10-12-26(13-11-25)16-8-6-15(21)7-9-16/h2-9,14,20H,10-13H2,1H3/t14-/m0/s1. The topological polar surface area (TPSA) is 24.3 Å². The van der Waals surface area contributed by atoms with Crippen LogP contribution in [0.4, 0.5) is 18.9 Å². The van der Waals surface area contributed by atoms with Crippen LogP contribution in [0.2, 0.25) is 0 Å². The van der Waals surface area contributed by atoms with E-state index in [9.17, 15) is 13.2 Å². The Morgan fingerprint density at radius 3 is 2.26 bits per heavy atom. The first-order chi connectivity index (χ1) is 13.0. The summed E-state index contributed by atoms with van der Waals surface area (Å²) in [4.78, 5) is 8.83. The number of benzene rings is 2. The minimum Gasteiger partial charge on any atom is -0.369 e. The van der Waals surface area contributed by atoms with Crippen LogP contribution in [0.1, 0.15) is 25.3 Å². The molecule has 0 N–H and O–H groups in total. The van der Waals surface area contributed by atoms with Crippen LogP contribution in [0.15, 0.2) is 48.5 Å². The van der Waals surface area contributed by atoms with Gasteiger partial charge < -0.3 is 4.90 Å². The van der Waals surface area contributed by atoms with Gasteiger partial charge in [0.15, 0.2) is 0 Å². The lowest BCUT2D eigenvalue weighted by molar-refractivity contribution is 0.0641. The summed E-state index contributed by atoms with van der Waals surface area (Å²) >= 11 is 0. The second-order valence-electron chi connectivity index (χ2n) is 6.78. The van der Waals surface area contributed by atoms with Crippen LogP contribution in [0.25, 0.3) is 11.0 Å². The van der Waals surface area contributed by atoms with E-state index in [2.05, 4.69) is 14.8 Å². The van der Waals surface area contributed by atoms with Gasteiger partial charge in [0.1, 0.15) is 11.6 Å². The minimum absolute atomic E-state index is 0.221. The second-order valence-corrected chi connectivity index (χ2v) is 6.78. The van der Waals surface area contributed by atoms with Crippen LogP contribution in [-0.4, -0.2) is 40.6 Å². The summed E-state index contributed by atoms with van der Waals surface area (Å²) < 4.78 is 41.5. The third kappa shape index (κ3) is 3.39. The number of imidazole rings is 1. The molecule has 0 radical (unpaired) electrons. The number of nitrogens with zero attached hydrogens (tertiary/aromatic N) is 4. The highest BCUT2D eigenvalue weighted by Gasteiger charge is 2.28. The highest BCUT2D eigenvalue weighted by molar-refractivity contribution is 5.76. The van der Waals surface area contributed by atoms with Gasteiger partial charge in [-0.05, 0) is 43.3 Å².